The second-order valence-electron chi connectivity index (χ2n) is 8.84. The lowest BCUT2D eigenvalue weighted by atomic mass is 9.86. The Morgan fingerprint density at radius 3 is 2.73 bits per heavy atom. The Kier molecular flexibility index (Phi) is 7.02. The monoisotopic (exact) mass is 431 g/mol. The van der Waals surface area contributed by atoms with Gasteiger partial charge in [0.25, 0.3) is 0 Å². The summed E-state index contributed by atoms with van der Waals surface area (Å²) < 4.78 is 7.67. The fourth-order valence-corrected chi connectivity index (χ4v) is 5.18. The number of furan rings is 1. The molecule has 30 heavy (non-hydrogen) atoms. The first kappa shape index (κ1) is 21.3. The summed E-state index contributed by atoms with van der Waals surface area (Å²) in [7, 11) is 0. The van der Waals surface area contributed by atoms with Gasteiger partial charge < -0.3 is 14.6 Å². The molecule has 0 bridgehead atoms. The van der Waals surface area contributed by atoms with E-state index in [-0.39, 0.29) is 5.91 Å². The van der Waals surface area contributed by atoms with E-state index in [1.54, 1.807) is 6.26 Å². The van der Waals surface area contributed by atoms with Crippen LogP contribution in [-0.4, -0.2) is 45.6 Å². The maximum atomic E-state index is 12.6. The number of hydrogen-bond acceptors (Lipinski definition) is 6. The molecular weight excluding hydrogens is 398 g/mol. The molecular formula is C22H33N5O2S. The molecule has 0 radical (unpaired) electrons. The molecule has 2 aliphatic rings. The fourth-order valence-electron chi connectivity index (χ4n) is 4.44. The van der Waals surface area contributed by atoms with Crippen LogP contribution in [0, 0.1) is 11.8 Å². The van der Waals surface area contributed by atoms with Gasteiger partial charge in [0, 0.05) is 19.1 Å². The van der Waals surface area contributed by atoms with Gasteiger partial charge in [0.05, 0.1) is 18.6 Å². The molecule has 8 heteroatoms. The van der Waals surface area contributed by atoms with Crippen molar-refractivity contribution in [2.24, 2.45) is 11.8 Å². The average Bonchev–Trinajstić information content (AvgIpc) is 3.39. The maximum Gasteiger partial charge on any atom is 0.230 e. The summed E-state index contributed by atoms with van der Waals surface area (Å²) in [6, 6.07) is 4.17. The van der Waals surface area contributed by atoms with Gasteiger partial charge in [0.15, 0.2) is 5.16 Å². The summed E-state index contributed by atoms with van der Waals surface area (Å²) in [6.45, 7) is 7.09. The minimum Gasteiger partial charge on any atom is -0.467 e. The van der Waals surface area contributed by atoms with Gasteiger partial charge in [-0.25, -0.2) is 0 Å². The van der Waals surface area contributed by atoms with E-state index in [0.717, 1.165) is 55.1 Å². The fraction of sp³-hybridized carbons (Fsp3) is 0.682. The minimum atomic E-state index is 0.0830. The number of aromatic nitrogens is 3. The van der Waals surface area contributed by atoms with Crippen molar-refractivity contribution in [2.45, 2.75) is 70.1 Å². The van der Waals surface area contributed by atoms with Gasteiger partial charge in [-0.15, -0.1) is 10.2 Å². The molecule has 164 valence electrons. The number of thioether (sulfide) groups is 1. The lowest BCUT2D eigenvalue weighted by molar-refractivity contribution is -0.119. The molecule has 0 aromatic carbocycles. The lowest BCUT2D eigenvalue weighted by Gasteiger charge is -2.31. The summed E-state index contributed by atoms with van der Waals surface area (Å²) in [5, 5.41) is 12.9. The van der Waals surface area contributed by atoms with Crippen LogP contribution in [0.25, 0.3) is 0 Å². The highest BCUT2D eigenvalue weighted by Gasteiger charge is 2.25. The van der Waals surface area contributed by atoms with E-state index >= 15 is 0 Å². The van der Waals surface area contributed by atoms with E-state index in [1.165, 1.54) is 31.0 Å². The van der Waals surface area contributed by atoms with Crippen molar-refractivity contribution in [2.75, 3.05) is 23.7 Å². The molecule has 0 spiro atoms. The van der Waals surface area contributed by atoms with Gasteiger partial charge >= 0.3 is 0 Å². The third-order valence-corrected chi connectivity index (χ3v) is 7.41. The van der Waals surface area contributed by atoms with Gasteiger partial charge in [-0.3, -0.25) is 9.36 Å². The quantitative estimate of drug-likeness (QED) is 0.669. The summed E-state index contributed by atoms with van der Waals surface area (Å²) in [4.78, 5) is 14.9. The molecule has 1 aliphatic heterocycles. The van der Waals surface area contributed by atoms with Crippen LogP contribution in [0.5, 0.6) is 0 Å². The Morgan fingerprint density at radius 1 is 1.20 bits per heavy atom. The zero-order chi connectivity index (χ0) is 20.9. The second-order valence-corrected chi connectivity index (χ2v) is 9.78. The summed E-state index contributed by atoms with van der Waals surface area (Å²) in [5.74, 6) is 3.49. The number of amides is 1. The molecule has 2 fully saturated rings. The van der Waals surface area contributed by atoms with Crippen LogP contribution in [0.2, 0.25) is 0 Å². The Labute approximate surface area is 183 Å². The second kappa shape index (κ2) is 9.90. The van der Waals surface area contributed by atoms with Crippen LogP contribution in [0.15, 0.2) is 28.0 Å². The number of carbonyl (C=O) groups is 1. The molecule has 3 heterocycles. The first-order valence-corrected chi connectivity index (χ1v) is 12.2. The number of nitrogens with one attached hydrogen (secondary N) is 1. The molecule has 1 amide bonds. The largest absolute Gasteiger partial charge is 0.467 e. The van der Waals surface area contributed by atoms with Gasteiger partial charge in [0.2, 0.25) is 11.9 Å². The van der Waals surface area contributed by atoms with Crippen LogP contribution < -0.4 is 10.2 Å². The number of carbonyl (C=O) groups excluding carboxylic acids is 1. The molecule has 2 unspecified atom stereocenters. The molecule has 1 saturated heterocycles. The Morgan fingerprint density at radius 2 is 2.00 bits per heavy atom. The van der Waals surface area contributed by atoms with Crippen molar-refractivity contribution in [3.63, 3.8) is 0 Å². The van der Waals surface area contributed by atoms with Crippen molar-refractivity contribution in [3.05, 3.63) is 24.2 Å². The highest BCUT2D eigenvalue weighted by molar-refractivity contribution is 7.99. The average molecular weight is 432 g/mol. The van der Waals surface area contributed by atoms with E-state index in [4.69, 9.17) is 4.42 Å². The number of hydrogen-bond donors (Lipinski definition) is 1. The van der Waals surface area contributed by atoms with E-state index in [0.29, 0.717) is 24.3 Å². The molecule has 1 N–H and O–H groups in total. The van der Waals surface area contributed by atoms with Crippen molar-refractivity contribution < 1.29 is 9.21 Å². The SMILES string of the molecule is CC1CCN(c2nnc(SCC(=O)NC3CCCCC3C)n2Cc2ccco2)CC1. The van der Waals surface area contributed by atoms with Gasteiger partial charge in [-0.1, -0.05) is 38.5 Å². The van der Waals surface area contributed by atoms with Crippen LogP contribution in [0.4, 0.5) is 5.95 Å². The third-order valence-electron chi connectivity index (χ3n) is 6.45. The molecule has 2 aromatic rings. The van der Waals surface area contributed by atoms with E-state index in [9.17, 15) is 4.79 Å². The summed E-state index contributed by atoms with van der Waals surface area (Å²) in [5.41, 5.74) is 0. The lowest BCUT2D eigenvalue weighted by Crippen LogP contribution is -2.41. The standard InChI is InChI=1S/C22H33N5O2S/c1-16-9-11-26(12-10-16)21-24-25-22(27(21)14-18-7-5-13-29-18)30-15-20(28)23-19-8-4-3-6-17(19)2/h5,7,13,16-17,19H,3-4,6,8-12,14-15H2,1-2H3,(H,23,28). The van der Waals surface area contributed by atoms with E-state index < -0.39 is 0 Å². The summed E-state index contributed by atoms with van der Waals surface area (Å²) in [6.07, 6.45) is 8.79. The first-order valence-electron chi connectivity index (χ1n) is 11.2. The molecule has 2 aromatic heterocycles. The molecule has 1 aliphatic carbocycles. The molecule has 2 atom stereocenters. The number of nitrogens with zero attached hydrogens (tertiary/aromatic N) is 4. The normalized spacial score (nSPS) is 22.9. The minimum absolute atomic E-state index is 0.0830. The van der Waals surface area contributed by atoms with Crippen molar-refractivity contribution >= 4 is 23.6 Å². The van der Waals surface area contributed by atoms with Crippen LogP contribution in [0.1, 0.15) is 58.1 Å². The van der Waals surface area contributed by atoms with Crippen LogP contribution in [-0.2, 0) is 11.3 Å². The third kappa shape index (κ3) is 5.20. The van der Waals surface area contributed by atoms with E-state index in [1.807, 2.05) is 12.1 Å². The zero-order valence-corrected chi connectivity index (χ0v) is 18.9. The van der Waals surface area contributed by atoms with Gasteiger partial charge in [-0.05, 0) is 49.7 Å². The van der Waals surface area contributed by atoms with Crippen LogP contribution >= 0.6 is 11.8 Å². The Hall–Kier alpha value is -1.96. The smallest absolute Gasteiger partial charge is 0.230 e. The number of piperidine rings is 1. The topological polar surface area (TPSA) is 76.2 Å². The van der Waals surface area contributed by atoms with Gasteiger partial charge in [-0.2, -0.15) is 0 Å². The first-order chi connectivity index (χ1) is 14.6. The highest BCUT2D eigenvalue weighted by atomic mass is 32.2. The predicted octanol–water partition coefficient (Wildman–Crippen LogP) is 3.94. The Bertz CT molecular complexity index is 814. The van der Waals surface area contributed by atoms with Crippen molar-refractivity contribution in [3.8, 4) is 0 Å². The van der Waals surface area contributed by atoms with Crippen molar-refractivity contribution in [1.82, 2.24) is 20.1 Å². The predicted molar refractivity (Wildman–Crippen MR) is 119 cm³/mol. The maximum absolute atomic E-state index is 12.6. The molecule has 4 rings (SSSR count). The molecule has 1 saturated carbocycles. The molecule has 7 nitrogen and oxygen atoms in total. The van der Waals surface area contributed by atoms with E-state index in [2.05, 4.69) is 38.8 Å². The zero-order valence-electron chi connectivity index (χ0n) is 18.0. The Balaban J connectivity index is 1.43. The van der Waals surface area contributed by atoms with Gasteiger partial charge in [0.1, 0.15) is 5.76 Å². The van der Waals surface area contributed by atoms with Crippen LogP contribution in [0.3, 0.4) is 0 Å². The summed E-state index contributed by atoms with van der Waals surface area (Å²) >= 11 is 1.46. The highest BCUT2D eigenvalue weighted by Crippen LogP contribution is 2.28. The van der Waals surface area contributed by atoms with Crippen molar-refractivity contribution in [1.29, 1.82) is 0 Å². The number of rotatable bonds is 7. The number of anilines is 1.